The lowest BCUT2D eigenvalue weighted by Gasteiger charge is -2.21. The summed E-state index contributed by atoms with van der Waals surface area (Å²) >= 11 is 4.98. The monoisotopic (exact) mass is 320 g/mol. The molecule has 0 aliphatic heterocycles. The van der Waals surface area contributed by atoms with Gasteiger partial charge in [0.1, 0.15) is 0 Å². The molecule has 1 unspecified atom stereocenters. The fourth-order valence-electron chi connectivity index (χ4n) is 1.21. The van der Waals surface area contributed by atoms with Crippen LogP contribution < -0.4 is 5.32 Å². The maximum absolute atomic E-state index is 11.6. The molecule has 1 amide bonds. The lowest BCUT2D eigenvalue weighted by molar-refractivity contribution is -0.122. The highest BCUT2D eigenvalue weighted by Gasteiger charge is 2.11. The molecular formula is C11H17BrN2O2S. The molecule has 17 heavy (non-hydrogen) atoms. The largest absolute Gasteiger partial charge is 0.395 e. The van der Waals surface area contributed by atoms with Crippen molar-refractivity contribution in [3.05, 3.63) is 20.8 Å². The van der Waals surface area contributed by atoms with Crippen molar-refractivity contribution < 1.29 is 9.90 Å². The third kappa shape index (κ3) is 5.16. The second-order valence-electron chi connectivity index (χ2n) is 3.95. The van der Waals surface area contributed by atoms with Gasteiger partial charge in [0.05, 0.1) is 19.7 Å². The SMILES string of the molecule is CC(CO)N(C)CC(=O)NCc1cc(Br)cs1. The summed E-state index contributed by atoms with van der Waals surface area (Å²) in [4.78, 5) is 14.5. The van der Waals surface area contributed by atoms with Gasteiger partial charge in [-0.2, -0.15) is 0 Å². The maximum atomic E-state index is 11.6. The van der Waals surface area contributed by atoms with Crippen LogP contribution in [-0.4, -0.2) is 42.2 Å². The molecule has 2 N–H and O–H groups in total. The van der Waals surface area contributed by atoms with Gasteiger partial charge in [-0.3, -0.25) is 9.69 Å². The second kappa shape index (κ2) is 7.10. The Kier molecular flexibility index (Phi) is 6.11. The molecule has 96 valence electrons. The van der Waals surface area contributed by atoms with Crippen LogP contribution in [0.5, 0.6) is 0 Å². The number of hydrogen-bond acceptors (Lipinski definition) is 4. The first kappa shape index (κ1) is 14.6. The van der Waals surface area contributed by atoms with Gasteiger partial charge in [0.25, 0.3) is 0 Å². The van der Waals surface area contributed by atoms with E-state index >= 15 is 0 Å². The molecule has 6 heteroatoms. The van der Waals surface area contributed by atoms with E-state index in [1.807, 2.05) is 30.3 Å². The van der Waals surface area contributed by atoms with Crippen LogP contribution >= 0.6 is 27.3 Å². The zero-order valence-corrected chi connectivity index (χ0v) is 12.3. The van der Waals surface area contributed by atoms with Gasteiger partial charge in [0.2, 0.25) is 5.91 Å². The van der Waals surface area contributed by atoms with Crippen molar-refractivity contribution in [3.63, 3.8) is 0 Å². The van der Waals surface area contributed by atoms with Crippen molar-refractivity contribution >= 4 is 33.2 Å². The molecule has 0 saturated carbocycles. The van der Waals surface area contributed by atoms with E-state index in [2.05, 4.69) is 21.2 Å². The van der Waals surface area contributed by atoms with E-state index in [1.54, 1.807) is 11.3 Å². The molecule has 0 radical (unpaired) electrons. The van der Waals surface area contributed by atoms with E-state index in [1.165, 1.54) is 0 Å². The molecule has 1 aromatic heterocycles. The molecule has 1 aromatic rings. The average molecular weight is 321 g/mol. The Morgan fingerprint density at radius 3 is 2.94 bits per heavy atom. The average Bonchev–Trinajstić information content (AvgIpc) is 2.71. The topological polar surface area (TPSA) is 52.6 Å². The first-order chi connectivity index (χ1) is 8.02. The number of carbonyl (C=O) groups excluding carboxylic acids is 1. The highest BCUT2D eigenvalue weighted by molar-refractivity contribution is 9.10. The fraction of sp³-hybridized carbons (Fsp3) is 0.545. The minimum Gasteiger partial charge on any atom is -0.395 e. The van der Waals surface area contributed by atoms with Crippen molar-refractivity contribution in [1.82, 2.24) is 10.2 Å². The van der Waals surface area contributed by atoms with E-state index in [0.717, 1.165) is 9.35 Å². The smallest absolute Gasteiger partial charge is 0.234 e. The van der Waals surface area contributed by atoms with Crippen LogP contribution in [0.2, 0.25) is 0 Å². The first-order valence-electron chi connectivity index (χ1n) is 5.33. The quantitative estimate of drug-likeness (QED) is 0.834. The Bertz CT molecular complexity index is 370. The summed E-state index contributed by atoms with van der Waals surface area (Å²) < 4.78 is 1.04. The zero-order valence-electron chi connectivity index (χ0n) is 9.94. The minimum absolute atomic E-state index is 0.00312. The molecule has 0 spiro atoms. The summed E-state index contributed by atoms with van der Waals surface area (Å²) in [6.07, 6.45) is 0. The van der Waals surface area contributed by atoms with Gasteiger partial charge in [-0.05, 0) is 36.0 Å². The third-order valence-electron chi connectivity index (χ3n) is 2.49. The van der Waals surface area contributed by atoms with Gasteiger partial charge in [-0.15, -0.1) is 11.3 Å². The molecule has 0 fully saturated rings. The molecule has 0 bridgehead atoms. The maximum Gasteiger partial charge on any atom is 0.234 e. The highest BCUT2D eigenvalue weighted by Crippen LogP contribution is 2.19. The lowest BCUT2D eigenvalue weighted by Crippen LogP contribution is -2.40. The number of aliphatic hydroxyl groups excluding tert-OH is 1. The van der Waals surface area contributed by atoms with Crippen LogP contribution in [0.15, 0.2) is 15.9 Å². The summed E-state index contributed by atoms with van der Waals surface area (Å²) in [7, 11) is 1.82. The Balaban J connectivity index is 2.30. The van der Waals surface area contributed by atoms with Crippen molar-refractivity contribution in [2.45, 2.75) is 19.5 Å². The first-order valence-corrected chi connectivity index (χ1v) is 7.01. The summed E-state index contributed by atoms with van der Waals surface area (Å²) in [5.41, 5.74) is 0. The standard InChI is InChI=1S/C11H17BrN2O2S/c1-8(6-15)14(2)5-11(16)13-4-10-3-9(12)7-17-10/h3,7-8,15H,4-6H2,1-2H3,(H,13,16). The van der Waals surface area contributed by atoms with Gasteiger partial charge in [0.15, 0.2) is 0 Å². The molecule has 4 nitrogen and oxygen atoms in total. The van der Waals surface area contributed by atoms with Crippen molar-refractivity contribution in [2.75, 3.05) is 20.2 Å². The summed E-state index contributed by atoms with van der Waals surface area (Å²) in [6, 6.07) is 1.99. The minimum atomic E-state index is -0.0303. The number of hydrogen-bond donors (Lipinski definition) is 2. The molecule has 0 aliphatic rings. The predicted molar refractivity (Wildman–Crippen MR) is 73.0 cm³/mol. The normalized spacial score (nSPS) is 12.8. The molecular weight excluding hydrogens is 304 g/mol. The van der Waals surface area contributed by atoms with Gasteiger partial charge in [0, 0.05) is 20.8 Å². The van der Waals surface area contributed by atoms with Crippen LogP contribution in [0.3, 0.4) is 0 Å². The van der Waals surface area contributed by atoms with Gasteiger partial charge < -0.3 is 10.4 Å². The number of likely N-dealkylation sites (N-methyl/N-ethyl adjacent to an activating group) is 1. The number of halogens is 1. The number of aliphatic hydroxyl groups is 1. The van der Waals surface area contributed by atoms with Crippen LogP contribution in [0.25, 0.3) is 0 Å². The molecule has 1 heterocycles. The third-order valence-corrected chi connectivity index (χ3v) is 4.19. The van der Waals surface area contributed by atoms with Gasteiger partial charge in [-0.25, -0.2) is 0 Å². The molecule has 0 aromatic carbocycles. The number of carbonyl (C=O) groups is 1. The molecule has 0 aliphatic carbocycles. The van der Waals surface area contributed by atoms with Crippen molar-refractivity contribution in [3.8, 4) is 0 Å². The number of thiophene rings is 1. The molecule has 1 atom stereocenters. The summed E-state index contributed by atoms with van der Waals surface area (Å²) in [5.74, 6) is -0.0303. The van der Waals surface area contributed by atoms with Gasteiger partial charge in [-0.1, -0.05) is 0 Å². The molecule has 0 saturated heterocycles. The van der Waals surface area contributed by atoms with E-state index in [0.29, 0.717) is 13.1 Å². The van der Waals surface area contributed by atoms with Gasteiger partial charge >= 0.3 is 0 Å². The van der Waals surface area contributed by atoms with Crippen molar-refractivity contribution in [1.29, 1.82) is 0 Å². The van der Waals surface area contributed by atoms with Crippen LogP contribution in [-0.2, 0) is 11.3 Å². The van der Waals surface area contributed by atoms with Crippen LogP contribution in [0, 0.1) is 0 Å². The predicted octanol–water partition coefficient (Wildman–Crippen LogP) is 1.44. The van der Waals surface area contributed by atoms with E-state index < -0.39 is 0 Å². The fourth-order valence-corrected chi connectivity index (χ4v) is 2.60. The zero-order chi connectivity index (χ0) is 12.8. The van der Waals surface area contributed by atoms with E-state index in [-0.39, 0.29) is 18.6 Å². The summed E-state index contributed by atoms with van der Waals surface area (Å²) in [5, 5.41) is 13.8. The Morgan fingerprint density at radius 2 is 2.41 bits per heavy atom. The Labute approximate surface area is 114 Å². The number of nitrogens with one attached hydrogen (secondary N) is 1. The number of nitrogens with zero attached hydrogens (tertiary/aromatic N) is 1. The lowest BCUT2D eigenvalue weighted by atomic mass is 10.3. The van der Waals surface area contributed by atoms with E-state index in [4.69, 9.17) is 5.11 Å². The Hall–Kier alpha value is -0.430. The summed E-state index contributed by atoms with van der Waals surface area (Å²) in [6.45, 7) is 2.79. The number of rotatable bonds is 6. The van der Waals surface area contributed by atoms with Crippen LogP contribution in [0.1, 0.15) is 11.8 Å². The molecule has 1 rings (SSSR count). The Morgan fingerprint density at radius 1 is 1.71 bits per heavy atom. The highest BCUT2D eigenvalue weighted by atomic mass is 79.9. The van der Waals surface area contributed by atoms with E-state index in [9.17, 15) is 4.79 Å². The second-order valence-corrected chi connectivity index (χ2v) is 5.87. The number of amides is 1. The van der Waals surface area contributed by atoms with Crippen LogP contribution in [0.4, 0.5) is 0 Å². The van der Waals surface area contributed by atoms with Crippen molar-refractivity contribution in [2.24, 2.45) is 0 Å².